The van der Waals surface area contributed by atoms with Crippen LogP contribution in [0.25, 0.3) is 0 Å². The zero-order valence-corrected chi connectivity index (χ0v) is 7.15. The number of nitrogens with zero attached hydrogens (tertiary/aromatic N) is 1. The minimum absolute atomic E-state index is 0.347. The van der Waals surface area contributed by atoms with Crippen molar-refractivity contribution in [3.63, 3.8) is 0 Å². The van der Waals surface area contributed by atoms with Crippen LogP contribution in [0.4, 0.5) is 0 Å². The molecule has 1 heteroatoms. The van der Waals surface area contributed by atoms with Crippen molar-refractivity contribution in [2.75, 3.05) is 0 Å². The van der Waals surface area contributed by atoms with E-state index in [-0.39, 0.29) is 0 Å². The molecule has 1 aliphatic carbocycles. The number of rotatable bonds is 1. The summed E-state index contributed by atoms with van der Waals surface area (Å²) in [7, 11) is 0. The quantitative estimate of drug-likeness (QED) is 0.523. The van der Waals surface area contributed by atoms with E-state index in [0.717, 1.165) is 24.0 Å². The molecule has 58 valence electrons. The normalized spacial score (nSPS) is 23.5. The third kappa shape index (κ3) is 1.35. The second kappa shape index (κ2) is 2.92. The summed E-state index contributed by atoms with van der Waals surface area (Å²) in [6.07, 6.45) is 2.16. The third-order valence-electron chi connectivity index (χ3n) is 2.33. The van der Waals surface area contributed by atoms with E-state index in [1.807, 2.05) is 13.8 Å². The molecule has 0 N–H and O–H groups in total. The molecule has 0 saturated heterocycles. The van der Waals surface area contributed by atoms with Gasteiger partial charge in [-0.2, -0.15) is 5.26 Å². The Morgan fingerprint density at radius 3 is 2.73 bits per heavy atom. The van der Waals surface area contributed by atoms with Crippen LogP contribution in [-0.2, 0) is 0 Å². The molecule has 1 atom stereocenters. The van der Waals surface area contributed by atoms with Crippen LogP contribution in [0.5, 0.6) is 0 Å². The average Bonchev–Trinajstić information content (AvgIpc) is 2.30. The van der Waals surface area contributed by atoms with Gasteiger partial charge in [0.2, 0.25) is 0 Å². The molecule has 0 radical (unpaired) electrons. The van der Waals surface area contributed by atoms with Crippen molar-refractivity contribution in [1.29, 1.82) is 5.26 Å². The maximum absolute atomic E-state index is 8.81. The number of hydrogen-bond acceptors (Lipinski definition) is 1. The second-order valence-electron chi connectivity index (χ2n) is 3.24. The van der Waals surface area contributed by atoms with Gasteiger partial charge < -0.3 is 0 Å². The van der Waals surface area contributed by atoms with Gasteiger partial charge in [-0.1, -0.05) is 17.7 Å². The Balaban J connectivity index is 2.91. The highest BCUT2D eigenvalue weighted by atomic mass is 14.3. The zero-order valence-electron chi connectivity index (χ0n) is 7.15. The fourth-order valence-electron chi connectivity index (χ4n) is 1.60. The minimum atomic E-state index is 0.347. The van der Waals surface area contributed by atoms with Gasteiger partial charge in [0.15, 0.2) is 0 Å². The molecule has 0 amide bonds. The molecule has 0 aromatic rings. The molecule has 1 unspecified atom stereocenters. The summed E-state index contributed by atoms with van der Waals surface area (Å²) in [5.41, 5.74) is 3.33. The van der Waals surface area contributed by atoms with Gasteiger partial charge in [-0.15, -0.1) is 0 Å². The minimum Gasteiger partial charge on any atom is -0.193 e. The van der Waals surface area contributed by atoms with E-state index in [4.69, 9.17) is 5.26 Å². The Kier molecular flexibility index (Phi) is 2.14. The molecular weight excluding hydrogens is 134 g/mol. The standard InChI is InChI=1S/C10H13N/c1-7(2)9-5-4-8(3)10(9)6-11/h9H,1,4-5H2,2-3H3. The first-order valence-electron chi connectivity index (χ1n) is 3.92. The van der Waals surface area contributed by atoms with Crippen LogP contribution in [0.15, 0.2) is 23.3 Å². The summed E-state index contributed by atoms with van der Waals surface area (Å²) in [5, 5.41) is 8.81. The van der Waals surface area contributed by atoms with Crippen LogP contribution >= 0.6 is 0 Å². The smallest absolute Gasteiger partial charge is 0.0952 e. The van der Waals surface area contributed by atoms with Gasteiger partial charge in [0, 0.05) is 11.5 Å². The molecule has 0 aromatic heterocycles. The summed E-state index contributed by atoms with van der Waals surface area (Å²) in [6.45, 7) is 7.93. The van der Waals surface area contributed by atoms with E-state index >= 15 is 0 Å². The lowest BCUT2D eigenvalue weighted by atomic mass is 9.95. The number of hydrogen-bond donors (Lipinski definition) is 0. The van der Waals surface area contributed by atoms with Crippen molar-refractivity contribution in [3.05, 3.63) is 23.3 Å². The average molecular weight is 147 g/mol. The topological polar surface area (TPSA) is 23.8 Å². The van der Waals surface area contributed by atoms with Gasteiger partial charge in [0.1, 0.15) is 0 Å². The van der Waals surface area contributed by atoms with Gasteiger partial charge in [-0.25, -0.2) is 0 Å². The second-order valence-corrected chi connectivity index (χ2v) is 3.24. The van der Waals surface area contributed by atoms with E-state index in [0.29, 0.717) is 5.92 Å². The van der Waals surface area contributed by atoms with E-state index in [1.165, 1.54) is 5.57 Å². The first-order valence-corrected chi connectivity index (χ1v) is 3.92. The zero-order chi connectivity index (χ0) is 8.43. The first kappa shape index (κ1) is 8.07. The van der Waals surface area contributed by atoms with Gasteiger partial charge in [0.25, 0.3) is 0 Å². The van der Waals surface area contributed by atoms with Crippen LogP contribution in [-0.4, -0.2) is 0 Å². The van der Waals surface area contributed by atoms with E-state index in [2.05, 4.69) is 12.6 Å². The van der Waals surface area contributed by atoms with Gasteiger partial charge in [-0.05, 0) is 26.7 Å². The Bertz CT molecular complexity index is 253. The molecule has 0 bridgehead atoms. The van der Waals surface area contributed by atoms with Crippen LogP contribution < -0.4 is 0 Å². The maximum Gasteiger partial charge on any atom is 0.0952 e. The lowest BCUT2D eigenvalue weighted by Crippen LogP contribution is -1.98. The van der Waals surface area contributed by atoms with Crippen LogP contribution in [0.2, 0.25) is 0 Å². The molecule has 0 heterocycles. The van der Waals surface area contributed by atoms with Gasteiger partial charge >= 0.3 is 0 Å². The van der Waals surface area contributed by atoms with Crippen LogP contribution in [0.3, 0.4) is 0 Å². The molecule has 1 rings (SSSR count). The summed E-state index contributed by atoms with van der Waals surface area (Å²) in [6, 6.07) is 2.26. The molecule has 0 saturated carbocycles. The molecule has 1 nitrogen and oxygen atoms in total. The highest BCUT2D eigenvalue weighted by molar-refractivity contribution is 5.38. The van der Waals surface area contributed by atoms with Crippen LogP contribution in [0, 0.1) is 17.2 Å². The molecule has 0 spiro atoms. The van der Waals surface area contributed by atoms with Crippen molar-refractivity contribution in [3.8, 4) is 6.07 Å². The highest BCUT2D eigenvalue weighted by Crippen LogP contribution is 2.35. The molecule has 1 aliphatic rings. The van der Waals surface area contributed by atoms with Crippen molar-refractivity contribution in [2.24, 2.45) is 5.92 Å². The van der Waals surface area contributed by atoms with Gasteiger partial charge in [0.05, 0.1) is 6.07 Å². The van der Waals surface area contributed by atoms with Crippen molar-refractivity contribution < 1.29 is 0 Å². The Hall–Kier alpha value is -1.03. The monoisotopic (exact) mass is 147 g/mol. The van der Waals surface area contributed by atoms with E-state index < -0.39 is 0 Å². The fourth-order valence-corrected chi connectivity index (χ4v) is 1.60. The predicted molar refractivity (Wildman–Crippen MR) is 45.9 cm³/mol. The van der Waals surface area contributed by atoms with Gasteiger partial charge in [-0.3, -0.25) is 0 Å². The number of nitriles is 1. The summed E-state index contributed by atoms with van der Waals surface area (Å²) in [5.74, 6) is 0.347. The summed E-state index contributed by atoms with van der Waals surface area (Å²) >= 11 is 0. The van der Waals surface area contributed by atoms with Crippen LogP contribution in [0.1, 0.15) is 26.7 Å². The molecule has 0 aliphatic heterocycles. The fraction of sp³-hybridized carbons (Fsp3) is 0.500. The van der Waals surface area contributed by atoms with Crippen molar-refractivity contribution in [1.82, 2.24) is 0 Å². The Morgan fingerprint density at radius 1 is 1.73 bits per heavy atom. The molecule has 0 fully saturated rings. The predicted octanol–water partition coefficient (Wildman–Crippen LogP) is 2.81. The van der Waals surface area contributed by atoms with Crippen molar-refractivity contribution >= 4 is 0 Å². The lowest BCUT2D eigenvalue weighted by molar-refractivity contribution is 0.711. The largest absolute Gasteiger partial charge is 0.193 e. The Labute approximate surface area is 68.0 Å². The highest BCUT2D eigenvalue weighted by Gasteiger charge is 2.23. The van der Waals surface area contributed by atoms with Crippen molar-refractivity contribution in [2.45, 2.75) is 26.7 Å². The summed E-state index contributed by atoms with van der Waals surface area (Å²) < 4.78 is 0. The molecule has 0 aromatic carbocycles. The summed E-state index contributed by atoms with van der Waals surface area (Å²) in [4.78, 5) is 0. The molecular formula is C10H13N. The molecule has 11 heavy (non-hydrogen) atoms. The first-order chi connectivity index (χ1) is 5.16. The van der Waals surface area contributed by atoms with E-state index in [9.17, 15) is 0 Å². The Morgan fingerprint density at radius 2 is 2.36 bits per heavy atom. The SMILES string of the molecule is C=C(C)C1CCC(C)=C1C#N. The lowest BCUT2D eigenvalue weighted by Gasteiger charge is -2.07. The maximum atomic E-state index is 8.81. The third-order valence-corrected chi connectivity index (χ3v) is 2.33. The van der Waals surface area contributed by atoms with E-state index in [1.54, 1.807) is 0 Å². The number of allylic oxidation sites excluding steroid dienone is 3.